The number of hydrogen-bond acceptors (Lipinski definition) is 4. The number of carboxylic acid groups (broad SMARTS) is 1. The lowest BCUT2D eigenvalue weighted by Gasteiger charge is -2.06. The van der Waals surface area contributed by atoms with Gasteiger partial charge in [-0.05, 0) is 18.6 Å². The SMILES string of the molecule is Nc1cc(OCCCC(=O)O)ccc1C=O. The fourth-order valence-electron chi connectivity index (χ4n) is 1.16. The Hall–Kier alpha value is -2.04. The maximum atomic E-state index is 10.5. The summed E-state index contributed by atoms with van der Waals surface area (Å²) >= 11 is 0. The number of nitrogens with two attached hydrogens (primary N) is 1. The zero-order valence-electron chi connectivity index (χ0n) is 8.68. The Kier molecular flexibility index (Phi) is 4.32. The van der Waals surface area contributed by atoms with Gasteiger partial charge in [0.25, 0.3) is 0 Å². The van der Waals surface area contributed by atoms with Gasteiger partial charge in [0.15, 0.2) is 6.29 Å². The third kappa shape index (κ3) is 3.61. The molecule has 0 unspecified atom stereocenters. The molecule has 0 aliphatic carbocycles. The minimum absolute atomic E-state index is 0.0713. The van der Waals surface area contributed by atoms with Gasteiger partial charge in [-0.15, -0.1) is 0 Å². The van der Waals surface area contributed by atoms with Crippen molar-refractivity contribution in [3.63, 3.8) is 0 Å². The highest BCUT2D eigenvalue weighted by Crippen LogP contribution is 2.18. The molecule has 0 amide bonds. The number of ether oxygens (including phenoxy) is 1. The monoisotopic (exact) mass is 223 g/mol. The van der Waals surface area contributed by atoms with Crippen molar-refractivity contribution in [2.45, 2.75) is 12.8 Å². The van der Waals surface area contributed by atoms with E-state index in [9.17, 15) is 9.59 Å². The lowest BCUT2D eigenvalue weighted by atomic mass is 10.2. The van der Waals surface area contributed by atoms with Crippen molar-refractivity contribution in [3.05, 3.63) is 23.8 Å². The largest absolute Gasteiger partial charge is 0.494 e. The van der Waals surface area contributed by atoms with Crippen LogP contribution in [0.1, 0.15) is 23.2 Å². The fourth-order valence-corrected chi connectivity index (χ4v) is 1.16. The van der Waals surface area contributed by atoms with Gasteiger partial charge in [-0.1, -0.05) is 0 Å². The third-order valence-electron chi connectivity index (χ3n) is 1.99. The molecule has 16 heavy (non-hydrogen) atoms. The Labute approximate surface area is 92.8 Å². The summed E-state index contributed by atoms with van der Waals surface area (Å²) in [6, 6.07) is 4.74. The third-order valence-corrected chi connectivity index (χ3v) is 1.99. The number of hydrogen-bond donors (Lipinski definition) is 2. The molecule has 0 saturated carbocycles. The molecule has 1 aromatic carbocycles. The summed E-state index contributed by atoms with van der Waals surface area (Å²) in [7, 11) is 0. The molecule has 0 aliphatic heterocycles. The molecule has 0 atom stereocenters. The molecular weight excluding hydrogens is 210 g/mol. The van der Waals surface area contributed by atoms with Gasteiger partial charge in [-0.25, -0.2) is 0 Å². The first-order chi connectivity index (χ1) is 7.63. The van der Waals surface area contributed by atoms with Gasteiger partial charge in [0.1, 0.15) is 5.75 Å². The van der Waals surface area contributed by atoms with E-state index >= 15 is 0 Å². The van der Waals surface area contributed by atoms with Crippen molar-refractivity contribution in [1.29, 1.82) is 0 Å². The van der Waals surface area contributed by atoms with E-state index in [-0.39, 0.29) is 6.42 Å². The van der Waals surface area contributed by atoms with Crippen molar-refractivity contribution in [1.82, 2.24) is 0 Å². The van der Waals surface area contributed by atoms with E-state index in [0.29, 0.717) is 36.3 Å². The molecule has 1 rings (SSSR count). The van der Waals surface area contributed by atoms with Crippen molar-refractivity contribution in [2.75, 3.05) is 12.3 Å². The maximum Gasteiger partial charge on any atom is 0.303 e. The van der Waals surface area contributed by atoms with E-state index in [4.69, 9.17) is 15.6 Å². The second-order valence-corrected chi connectivity index (χ2v) is 3.25. The smallest absolute Gasteiger partial charge is 0.303 e. The van der Waals surface area contributed by atoms with E-state index in [1.54, 1.807) is 18.2 Å². The number of carbonyl (C=O) groups is 2. The number of rotatable bonds is 6. The number of aliphatic carboxylic acids is 1. The molecule has 5 nitrogen and oxygen atoms in total. The number of carbonyl (C=O) groups excluding carboxylic acids is 1. The molecule has 0 bridgehead atoms. The Morgan fingerprint density at radius 3 is 2.81 bits per heavy atom. The van der Waals surface area contributed by atoms with Gasteiger partial charge in [-0.2, -0.15) is 0 Å². The van der Waals surface area contributed by atoms with E-state index in [2.05, 4.69) is 0 Å². The minimum atomic E-state index is -0.848. The summed E-state index contributed by atoms with van der Waals surface area (Å²) in [6.07, 6.45) is 1.18. The van der Waals surface area contributed by atoms with E-state index < -0.39 is 5.97 Å². The Morgan fingerprint density at radius 1 is 1.50 bits per heavy atom. The normalized spacial score (nSPS) is 9.75. The van der Waals surface area contributed by atoms with E-state index in [1.807, 2.05) is 0 Å². The summed E-state index contributed by atoms with van der Waals surface area (Å²) < 4.78 is 5.28. The van der Waals surface area contributed by atoms with Crippen LogP contribution in [0.15, 0.2) is 18.2 Å². The molecule has 0 radical (unpaired) electrons. The molecule has 1 aromatic rings. The van der Waals surface area contributed by atoms with Gasteiger partial charge in [0.05, 0.1) is 6.61 Å². The van der Waals surface area contributed by atoms with Crippen LogP contribution in [0.5, 0.6) is 5.75 Å². The van der Waals surface area contributed by atoms with Gasteiger partial charge in [0.2, 0.25) is 0 Å². The fraction of sp³-hybridized carbons (Fsp3) is 0.273. The zero-order chi connectivity index (χ0) is 12.0. The van der Waals surface area contributed by atoms with Crippen LogP contribution in [-0.2, 0) is 4.79 Å². The summed E-state index contributed by atoms with van der Waals surface area (Å²) in [5.74, 6) is -0.312. The molecule has 0 heterocycles. The number of nitrogen functional groups attached to an aromatic ring is 1. The van der Waals surface area contributed by atoms with Crippen LogP contribution in [0.2, 0.25) is 0 Å². The number of benzene rings is 1. The van der Waals surface area contributed by atoms with E-state index in [0.717, 1.165) is 0 Å². The average Bonchev–Trinajstić information content (AvgIpc) is 2.24. The highest BCUT2D eigenvalue weighted by Gasteiger charge is 2.01. The Balaban J connectivity index is 2.46. The quantitative estimate of drug-likeness (QED) is 0.431. The van der Waals surface area contributed by atoms with Crippen molar-refractivity contribution in [3.8, 4) is 5.75 Å². The topological polar surface area (TPSA) is 89.6 Å². The molecule has 0 aliphatic rings. The van der Waals surface area contributed by atoms with Gasteiger partial charge < -0.3 is 15.6 Å². The molecule has 3 N–H and O–H groups in total. The van der Waals surface area contributed by atoms with Gasteiger partial charge in [0, 0.05) is 23.7 Å². The van der Waals surface area contributed by atoms with Crippen LogP contribution in [0.25, 0.3) is 0 Å². The predicted molar refractivity (Wildman–Crippen MR) is 58.6 cm³/mol. The minimum Gasteiger partial charge on any atom is -0.494 e. The predicted octanol–water partition coefficient (Wildman–Crippen LogP) is 1.32. The zero-order valence-corrected chi connectivity index (χ0v) is 8.68. The van der Waals surface area contributed by atoms with Gasteiger partial charge in [-0.3, -0.25) is 9.59 Å². The molecule has 86 valence electrons. The van der Waals surface area contributed by atoms with Crippen LogP contribution in [0.3, 0.4) is 0 Å². The van der Waals surface area contributed by atoms with Crippen LogP contribution in [0.4, 0.5) is 5.69 Å². The van der Waals surface area contributed by atoms with Crippen LogP contribution in [-0.4, -0.2) is 24.0 Å². The molecule has 5 heteroatoms. The molecule has 0 saturated heterocycles. The van der Waals surface area contributed by atoms with Crippen molar-refractivity contribution in [2.24, 2.45) is 0 Å². The standard InChI is InChI=1S/C11H13NO4/c12-10-6-9(4-3-8(10)7-13)16-5-1-2-11(14)15/h3-4,6-7H,1-2,5,12H2,(H,14,15). The summed E-state index contributed by atoms with van der Waals surface area (Å²) in [5.41, 5.74) is 6.35. The Bertz CT molecular complexity index is 390. The number of aldehydes is 1. The average molecular weight is 223 g/mol. The van der Waals surface area contributed by atoms with Crippen molar-refractivity contribution < 1.29 is 19.4 Å². The summed E-state index contributed by atoms with van der Waals surface area (Å²) in [6.45, 7) is 0.312. The number of anilines is 1. The summed E-state index contributed by atoms with van der Waals surface area (Å²) in [4.78, 5) is 20.7. The first-order valence-corrected chi connectivity index (χ1v) is 4.83. The molecule has 0 aromatic heterocycles. The first kappa shape index (κ1) is 12.0. The Morgan fingerprint density at radius 2 is 2.25 bits per heavy atom. The lowest BCUT2D eigenvalue weighted by molar-refractivity contribution is -0.137. The molecular formula is C11H13NO4. The summed E-state index contributed by atoms with van der Waals surface area (Å²) in [5, 5.41) is 8.41. The molecule has 0 fully saturated rings. The number of carboxylic acids is 1. The van der Waals surface area contributed by atoms with Crippen molar-refractivity contribution >= 4 is 17.9 Å². The second-order valence-electron chi connectivity index (χ2n) is 3.25. The highest BCUT2D eigenvalue weighted by molar-refractivity contribution is 5.83. The highest BCUT2D eigenvalue weighted by atomic mass is 16.5. The van der Waals surface area contributed by atoms with Crippen LogP contribution in [0, 0.1) is 0 Å². The first-order valence-electron chi connectivity index (χ1n) is 4.83. The van der Waals surface area contributed by atoms with E-state index in [1.165, 1.54) is 0 Å². The molecule has 0 spiro atoms. The van der Waals surface area contributed by atoms with Gasteiger partial charge >= 0.3 is 5.97 Å². The van der Waals surface area contributed by atoms with Crippen LogP contribution >= 0.6 is 0 Å². The van der Waals surface area contributed by atoms with Crippen LogP contribution < -0.4 is 10.5 Å². The second kappa shape index (κ2) is 5.75. The maximum absolute atomic E-state index is 10.5. The lowest BCUT2D eigenvalue weighted by Crippen LogP contribution is -2.02.